The number of aliphatic carboxylic acids is 1. The zero-order valence-electron chi connectivity index (χ0n) is 18.9. The van der Waals surface area contributed by atoms with Gasteiger partial charge in [0.15, 0.2) is 17.3 Å². The molecule has 0 unspecified atom stereocenters. The Kier molecular flexibility index (Phi) is 7.07. The van der Waals surface area contributed by atoms with Crippen LogP contribution < -0.4 is 10.5 Å². The first-order valence-electron chi connectivity index (χ1n) is 11.0. The molecule has 4 rings (SSSR count). The molecule has 0 amide bonds. The number of nitrogens with two attached hydrogens (primary N) is 1. The third-order valence-corrected chi connectivity index (χ3v) is 5.49. The average molecular weight is 491 g/mol. The molecule has 1 aliphatic rings. The van der Waals surface area contributed by atoms with E-state index >= 15 is 0 Å². The second-order valence-corrected chi connectivity index (χ2v) is 8.02. The normalized spacial score (nSPS) is 12.9. The summed E-state index contributed by atoms with van der Waals surface area (Å²) in [6.45, 7) is -0.108. The Bertz CT molecular complexity index is 1300. The Balaban J connectivity index is 1.26. The van der Waals surface area contributed by atoms with E-state index < -0.39 is 41.8 Å². The van der Waals surface area contributed by atoms with Crippen LogP contribution in [0.3, 0.4) is 0 Å². The lowest BCUT2D eigenvalue weighted by Crippen LogP contribution is -2.32. The number of furan rings is 1. The van der Waals surface area contributed by atoms with Gasteiger partial charge in [-0.1, -0.05) is 36.4 Å². The monoisotopic (exact) mass is 491 g/mol. The van der Waals surface area contributed by atoms with E-state index in [1.54, 1.807) is 36.4 Å². The molecule has 0 radical (unpaired) electrons. The first-order valence-corrected chi connectivity index (χ1v) is 11.0. The highest BCUT2D eigenvalue weighted by Crippen LogP contribution is 2.30. The highest BCUT2D eigenvalue weighted by Gasteiger charge is 2.34. The maximum atomic E-state index is 12.6. The smallest absolute Gasteiger partial charge is 0.320 e. The van der Waals surface area contributed by atoms with Gasteiger partial charge >= 0.3 is 11.9 Å². The summed E-state index contributed by atoms with van der Waals surface area (Å²) in [5, 5.41) is 8.85. The third kappa shape index (κ3) is 5.23. The first kappa shape index (κ1) is 24.6. The van der Waals surface area contributed by atoms with Crippen molar-refractivity contribution in [1.82, 2.24) is 0 Å². The molecule has 0 saturated heterocycles. The molecular weight excluding hydrogens is 470 g/mol. The van der Waals surface area contributed by atoms with Crippen molar-refractivity contribution >= 4 is 29.3 Å². The van der Waals surface area contributed by atoms with E-state index in [1.807, 2.05) is 0 Å². The van der Waals surface area contributed by atoms with Gasteiger partial charge in [0.05, 0.1) is 5.56 Å². The number of esters is 1. The van der Waals surface area contributed by atoms with Gasteiger partial charge in [0.1, 0.15) is 31.4 Å². The average Bonchev–Trinajstić information content (AvgIpc) is 3.32. The number of benzene rings is 2. The van der Waals surface area contributed by atoms with Crippen molar-refractivity contribution < 1.29 is 43.0 Å². The molecule has 1 atom stereocenters. The van der Waals surface area contributed by atoms with Crippen LogP contribution in [0, 0.1) is 0 Å². The SMILES string of the molecule is N[C@@H](Cc1ccc(OCCOC(=O)CC(=O)c2cc3c(o2)C(=O)c2ccccc2C3=O)cc1)C(=O)O. The highest BCUT2D eigenvalue weighted by molar-refractivity contribution is 6.28. The molecule has 0 spiro atoms. The van der Waals surface area contributed by atoms with E-state index in [9.17, 15) is 24.0 Å². The van der Waals surface area contributed by atoms with Crippen molar-refractivity contribution in [2.45, 2.75) is 18.9 Å². The fraction of sp³-hybridized carbons (Fsp3) is 0.192. The van der Waals surface area contributed by atoms with E-state index in [0.29, 0.717) is 5.75 Å². The number of ketones is 3. The molecule has 0 aliphatic heterocycles. The Morgan fingerprint density at radius 2 is 1.58 bits per heavy atom. The summed E-state index contributed by atoms with van der Waals surface area (Å²) in [6.07, 6.45) is -0.463. The molecule has 3 aromatic rings. The molecular formula is C26H21NO9. The Hall–Kier alpha value is -4.57. The zero-order valence-corrected chi connectivity index (χ0v) is 18.9. The van der Waals surface area contributed by atoms with E-state index in [2.05, 4.69) is 0 Å². The minimum atomic E-state index is -1.09. The molecule has 0 bridgehead atoms. The number of Topliss-reactive ketones (excluding diaryl/α,β-unsaturated/α-hetero) is 1. The summed E-state index contributed by atoms with van der Waals surface area (Å²) in [6, 6.07) is 13.1. The van der Waals surface area contributed by atoms with Crippen molar-refractivity contribution in [1.29, 1.82) is 0 Å². The third-order valence-electron chi connectivity index (χ3n) is 5.49. The number of carboxylic acid groups (broad SMARTS) is 1. The van der Waals surface area contributed by atoms with E-state index in [-0.39, 0.29) is 47.8 Å². The van der Waals surface area contributed by atoms with Gasteiger partial charge in [0.25, 0.3) is 0 Å². The van der Waals surface area contributed by atoms with Crippen LogP contribution in [0.1, 0.15) is 54.6 Å². The molecule has 184 valence electrons. The van der Waals surface area contributed by atoms with Crippen molar-refractivity contribution in [3.63, 3.8) is 0 Å². The standard InChI is InChI=1S/C26H21NO9/c27-19(26(32)33)11-14-5-7-15(8-6-14)34-9-10-35-22(29)13-20(28)21-12-18-23(30)16-3-1-2-4-17(16)24(31)25(18)36-21/h1-8,12,19H,9-11,13,27H2,(H,32,33)/t19-/m0/s1. The minimum absolute atomic E-state index is 0.0141. The van der Waals surface area contributed by atoms with Gasteiger partial charge in [-0.05, 0) is 30.2 Å². The van der Waals surface area contributed by atoms with Gasteiger partial charge in [-0.15, -0.1) is 0 Å². The molecule has 2 aromatic carbocycles. The molecule has 1 aliphatic carbocycles. The lowest BCUT2D eigenvalue weighted by Gasteiger charge is -2.11. The van der Waals surface area contributed by atoms with Crippen LogP contribution in [-0.2, 0) is 20.7 Å². The maximum absolute atomic E-state index is 12.6. The second kappa shape index (κ2) is 10.4. The van der Waals surface area contributed by atoms with Crippen LogP contribution in [0.5, 0.6) is 5.75 Å². The summed E-state index contributed by atoms with van der Waals surface area (Å²) in [4.78, 5) is 60.6. The van der Waals surface area contributed by atoms with Gasteiger partial charge in [-0.2, -0.15) is 0 Å². The van der Waals surface area contributed by atoms with Crippen LogP contribution in [0.2, 0.25) is 0 Å². The summed E-state index contributed by atoms with van der Waals surface area (Å²) < 4.78 is 15.8. The van der Waals surface area contributed by atoms with Crippen LogP contribution in [0.15, 0.2) is 59.0 Å². The van der Waals surface area contributed by atoms with E-state index in [0.717, 1.165) is 5.56 Å². The van der Waals surface area contributed by atoms with E-state index in [1.165, 1.54) is 18.2 Å². The highest BCUT2D eigenvalue weighted by atomic mass is 16.6. The summed E-state index contributed by atoms with van der Waals surface area (Å²) in [5.74, 6) is -3.59. The number of hydrogen-bond donors (Lipinski definition) is 2. The number of hydrogen-bond acceptors (Lipinski definition) is 9. The summed E-state index contributed by atoms with van der Waals surface area (Å²) in [5.41, 5.74) is 6.64. The van der Waals surface area contributed by atoms with Crippen LogP contribution in [-0.4, -0.2) is 53.7 Å². The Labute approximate surface area is 204 Å². The molecule has 0 fully saturated rings. The van der Waals surface area contributed by atoms with Crippen molar-refractivity contribution in [3.05, 3.63) is 88.4 Å². The first-order chi connectivity index (χ1) is 17.2. The van der Waals surface area contributed by atoms with Crippen LogP contribution in [0.25, 0.3) is 0 Å². The number of fused-ring (bicyclic) bond motifs is 2. The lowest BCUT2D eigenvalue weighted by molar-refractivity contribution is -0.143. The van der Waals surface area contributed by atoms with Gasteiger partial charge in [-0.25, -0.2) is 0 Å². The molecule has 36 heavy (non-hydrogen) atoms. The Morgan fingerprint density at radius 1 is 0.917 bits per heavy atom. The number of carboxylic acids is 1. The molecule has 1 heterocycles. The minimum Gasteiger partial charge on any atom is -0.490 e. The van der Waals surface area contributed by atoms with Crippen molar-refractivity contribution in [2.75, 3.05) is 13.2 Å². The molecule has 3 N–H and O–H groups in total. The number of ether oxygens (including phenoxy) is 2. The predicted octanol–water partition coefficient (Wildman–Crippen LogP) is 2.20. The van der Waals surface area contributed by atoms with Crippen molar-refractivity contribution in [3.8, 4) is 5.75 Å². The van der Waals surface area contributed by atoms with Crippen molar-refractivity contribution in [2.24, 2.45) is 5.73 Å². The van der Waals surface area contributed by atoms with Gasteiger partial charge in [0, 0.05) is 11.1 Å². The van der Waals surface area contributed by atoms with Gasteiger partial charge in [0.2, 0.25) is 11.6 Å². The molecule has 1 aromatic heterocycles. The molecule has 10 heteroatoms. The maximum Gasteiger partial charge on any atom is 0.320 e. The van der Waals surface area contributed by atoms with E-state index in [4.69, 9.17) is 24.7 Å². The largest absolute Gasteiger partial charge is 0.490 e. The van der Waals surface area contributed by atoms with Crippen LogP contribution >= 0.6 is 0 Å². The fourth-order valence-electron chi connectivity index (χ4n) is 3.66. The molecule has 10 nitrogen and oxygen atoms in total. The predicted molar refractivity (Wildman–Crippen MR) is 123 cm³/mol. The number of carbonyl (C=O) groups excluding carboxylic acids is 4. The second-order valence-electron chi connectivity index (χ2n) is 8.02. The zero-order chi connectivity index (χ0) is 25.8. The van der Waals surface area contributed by atoms with Gasteiger partial charge < -0.3 is 24.7 Å². The quantitative estimate of drug-likeness (QED) is 0.145. The van der Waals surface area contributed by atoms with Gasteiger partial charge in [-0.3, -0.25) is 24.0 Å². The topological polar surface area (TPSA) is 163 Å². The Morgan fingerprint density at radius 3 is 2.25 bits per heavy atom. The van der Waals surface area contributed by atoms with Crippen LogP contribution in [0.4, 0.5) is 0 Å². The summed E-state index contributed by atoms with van der Waals surface area (Å²) >= 11 is 0. The summed E-state index contributed by atoms with van der Waals surface area (Å²) in [7, 11) is 0. The number of carbonyl (C=O) groups is 5. The lowest BCUT2D eigenvalue weighted by atomic mass is 9.88. The fourth-order valence-corrected chi connectivity index (χ4v) is 3.66. The number of rotatable bonds is 10. The molecule has 0 saturated carbocycles.